The van der Waals surface area contributed by atoms with Crippen LogP contribution in [0, 0.1) is 23.7 Å². The average Bonchev–Trinajstić information content (AvgIpc) is 3.15. The lowest BCUT2D eigenvalue weighted by atomic mass is 9.74. The topological polar surface area (TPSA) is 295 Å². The van der Waals surface area contributed by atoms with Crippen molar-refractivity contribution in [3.8, 4) is 0 Å². The Labute approximate surface area is 353 Å². The van der Waals surface area contributed by atoms with E-state index in [0.717, 1.165) is 0 Å². The quantitative estimate of drug-likeness (QED) is 0.140. The summed E-state index contributed by atoms with van der Waals surface area (Å²) in [7, 11) is 5.18. The van der Waals surface area contributed by atoms with Crippen molar-refractivity contribution in [3.05, 3.63) is 0 Å². The van der Waals surface area contributed by atoms with Crippen molar-refractivity contribution in [2.45, 2.75) is 192 Å². The number of likely N-dealkylation sites (N-methyl/N-ethyl adjacent to an activating group) is 1. The van der Waals surface area contributed by atoms with E-state index in [2.05, 4.69) is 0 Å². The SMILES string of the molecule is CC[C@@H]1OC(=O)[C@H](C)[C@H](O[C@H]2C[C@@](C)(OC)[C@@H](O)[C@H](C)O2)[C@@H](C)[C@H](O[C@@H]2O[C@H](C)C[C@H](N(C)C)[C@H]2O)[C@@](C)(O)C[C@H](C)C(=O)[C@@H](C)[C@H](O)[C@@]1(C)O.N[C@@H](CC(=O)O)C(=O)O. The Morgan fingerprint density at radius 2 is 1.50 bits per heavy atom. The van der Waals surface area contributed by atoms with Crippen molar-refractivity contribution in [1.29, 1.82) is 0 Å². The molecule has 0 aromatic rings. The number of carboxylic acids is 2. The summed E-state index contributed by atoms with van der Waals surface area (Å²) in [6, 6.07) is -1.61. The maximum atomic E-state index is 14.1. The Hall–Kier alpha value is -2.40. The third-order valence-electron chi connectivity index (χ3n) is 12.5. The fourth-order valence-corrected chi connectivity index (χ4v) is 8.69. The minimum atomic E-state index is -1.99. The third kappa shape index (κ3) is 13.1. The molecule has 3 saturated heterocycles. The zero-order valence-corrected chi connectivity index (χ0v) is 37.5. The Morgan fingerprint density at radius 1 is 0.917 bits per heavy atom. The van der Waals surface area contributed by atoms with E-state index in [-0.39, 0.29) is 31.4 Å². The first-order valence-corrected chi connectivity index (χ1v) is 20.7. The number of aliphatic hydroxyl groups is 5. The third-order valence-corrected chi connectivity index (χ3v) is 12.5. The average molecular weight is 867 g/mol. The summed E-state index contributed by atoms with van der Waals surface area (Å²) in [5.41, 5.74) is -0.00202. The number of cyclic esters (lactones) is 1. The number of carbonyl (C=O) groups excluding carboxylic acids is 2. The number of aliphatic hydroxyl groups excluding tert-OH is 3. The number of methoxy groups -OCH3 is 1. The Bertz CT molecular complexity index is 1430. The summed E-state index contributed by atoms with van der Waals surface area (Å²) in [5.74, 6) is -7.47. The van der Waals surface area contributed by atoms with Gasteiger partial charge < -0.3 is 74.8 Å². The molecular weight excluding hydrogens is 792 g/mol. The van der Waals surface area contributed by atoms with Crippen LogP contribution in [0.2, 0.25) is 0 Å². The van der Waals surface area contributed by atoms with Crippen LogP contribution in [0.15, 0.2) is 0 Å². The number of hydrogen-bond donors (Lipinski definition) is 8. The second kappa shape index (κ2) is 21.8. The van der Waals surface area contributed by atoms with Crippen molar-refractivity contribution in [3.63, 3.8) is 0 Å². The molecule has 3 aliphatic rings. The van der Waals surface area contributed by atoms with Gasteiger partial charge in [0.15, 0.2) is 12.6 Å². The van der Waals surface area contributed by atoms with Crippen molar-refractivity contribution in [1.82, 2.24) is 4.90 Å². The van der Waals surface area contributed by atoms with Gasteiger partial charge in [0.1, 0.15) is 35.7 Å². The lowest BCUT2D eigenvalue weighted by Gasteiger charge is -2.49. The lowest BCUT2D eigenvalue weighted by molar-refractivity contribution is -0.318. The number of carbonyl (C=O) groups is 4. The number of rotatable bonds is 10. The standard InChI is InChI=1S/C37H67NO13.C4H7NO4/c1-14-25-37(10,45)30(41)20(4)27(39)18(2)16-35(8,44)32(51-34-28(40)24(38(11)12)15-19(3)47-34)21(5)29(22(6)33(43)49-25)50-26-17-36(9,46-13)31(42)23(7)48-26;5-2(4(8)9)1-3(6)7/h18-26,28-32,34,40-42,44-45H,14-17H2,1-13H3;2H,1,5H2,(H,6,7)(H,8,9)/t18-,19+,20+,21+,22+,23-,24-,25-,26-,28+,29+,30-,31-,32-,34-,35-,36+,37-;2-/m00/s1. The van der Waals surface area contributed by atoms with E-state index in [4.69, 9.17) is 44.4 Å². The van der Waals surface area contributed by atoms with Crippen LogP contribution in [0.1, 0.15) is 101 Å². The van der Waals surface area contributed by atoms with E-state index in [0.29, 0.717) is 6.42 Å². The molecule has 60 heavy (non-hydrogen) atoms. The van der Waals surface area contributed by atoms with Crippen molar-refractivity contribution in [2.24, 2.45) is 29.4 Å². The number of ether oxygens (including phenoxy) is 6. The molecule has 3 fully saturated rings. The van der Waals surface area contributed by atoms with Gasteiger partial charge in [0.05, 0.1) is 54.1 Å². The predicted molar refractivity (Wildman–Crippen MR) is 214 cm³/mol. The number of nitrogens with two attached hydrogens (primary N) is 1. The highest BCUT2D eigenvalue weighted by atomic mass is 16.7. The van der Waals surface area contributed by atoms with Gasteiger partial charge in [-0.1, -0.05) is 27.7 Å². The van der Waals surface area contributed by atoms with Gasteiger partial charge in [-0.15, -0.1) is 0 Å². The van der Waals surface area contributed by atoms with E-state index in [1.807, 2.05) is 25.9 Å². The van der Waals surface area contributed by atoms with Crippen molar-refractivity contribution < 1.29 is 83.3 Å². The van der Waals surface area contributed by atoms with Crippen LogP contribution in [-0.2, 0) is 47.6 Å². The Balaban J connectivity index is 0.00000123. The summed E-state index contributed by atoms with van der Waals surface area (Å²) < 4.78 is 37.1. The molecule has 3 rings (SSSR count). The summed E-state index contributed by atoms with van der Waals surface area (Å²) in [6.07, 6.45) is -10.2. The van der Waals surface area contributed by atoms with Crippen LogP contribution in [0.4, 0.5) is 0 Å². The highest BCUT2D eigenvalue weighted by Crippen LogP contribution is 2.40. The zero-order valence-electron chi connectivity index (χ0n) is 37.5. The van der Waals surface area contributed by atoms with Gasteiger partial charge in [-0.25, -0.2) is 0 Å². The highest BCUT2D eigenvalue weighted by Gasteiger charge is 2.53. The van der Waals surface area contributed by atoms with Crippen LogP contribution in [0.3, 0.4) is 0 Å². The summed E-state index contributed by atoms with van der Waals surface area (Å²) in [5, 5.41) is 73.6. The van der Waals surface area contributed by atoms with Crippen LogP contribution in [0.5, 0.6) is 0 Å². The highest BCUT2D eigenvalue weighted by molar-refractivity contribution is 5.83. The fraction of sp³-hybridized carbons (Fsp3) is 0.902. The molecule has 0 aliphatic carbocycles. The van der Waals surface area contributed by atoms with Crippen LogP contribution in [-0.4, -0.2) is 176 Å². The molecule has 0 unspecified atom stereocenters. The Morgan fingerprint density at radius 3 is 1.98 bits per heavy atom. The number of aliphatic carboxylic acids is 2. The van der Waals surface area contributed by atoms with E-state index in [1.165, 1.54) is 27.9 Å². The molecule has 0 aromatic heterocycles. The molecule has 0 bridgehead atoms. The van der Waals surface area contributed by atoms with Crippen LogP contribution in [0.25, 0.3) is 0 Å². The van der Waals surface area contributed by atoms with Gasteiger partial charge in [-0.2, -0.15) is 0 Å². The largest absolute Gasteiger partial charge is 0.481 e. The number of carboxylic acid groups (broad SMARTS) is 2. The molecule has 3 heterocycles. The molecule has 19 nitrogen and oxygen atoms in total. The summed E-state index contributed by atoms with van der Waals surface area (Å²) in [4.78, 5) is 49.4. The molecule has 0 spiro atoms. The van der Waals surface area contributed by atoms with Crippen molar-refractivity contribution >= 4 is 23.7 Å². The molecule has 0 saturated carbocycles. The molecule has 0 amide bonds. The maximum absolute atomic E-state index is 14.1. The second-order valence-corrected chi connectivity index (χ2v) is 18.0. The Kier molecular flexibility index (Phi) is 19.5. The summed E-state index contributed by atoms with van der Waals surface area (Å²) in [6.45, 7) is 16.3. The van der Waals surface area contributed by atoms with Gasteiger partial charge in [0.25, 0.3) is 0 Å². The monoisotopic (exact) mass is 866 g/mol. The first-order valence-electron chi connectivity index (χ1n) is 20.7. The maximum Gasteiger partial charge on any atom is 0.321 e. The normalized spacial score (nSPS) is 44.2. The first kappa shape index (κ1) is 53.7. The molecule has 19 heteroatoms. The number of Topliss-reactive ketones (excluding diaryl/α,β-unsaturated/α-hetero) is 1. The number of hydrogen-bond acceptors (Lipinski definition) is 17. The second-order valence-electron chi connectivity index (χ2n) is 18.0. The van der Waals surface area contributed by atoms with Gasteiger partial charge in [0, 0.05) is 37.3 Å². The zero-order chi connectivity index (χ0) is 46.4. The lowest BCUT2D eigenvalue weighted by Crippen LogP contribution is -2.61. The predicted octanol–water partition coefficient (Wildman–Crippen LogP) is 0.659. The van der Waals surface area contributed by atoms with E-state index < -0.39 is 132 Å². The summed E-state index contributed by atoms with van der Waals surface area (Å²) >= 11 is 0. The molecule has 19 atom stereocenters. The molecule has 9 N–H and O–H groups in total. The van der Waals surface area contributed by atoms with E-state index in [9.17, 15) is 44.7 Å². The minimum Gasteiger partial charge on any atom is -0.481 e. The first-order chi connectivity index (χ1) is 27.5. The van der Waals surface area contributed by atoms with Gasteiger partial charge >= 0.3 is 17.9 Å². The molecule has 3 aliphatic heterocycles. The van der Waals surface area contributed by atoms with Gasteiger partial charge in [-0.3, -0.25) is 19.2 Å². The van der Waals surface area contributed by atoms with Crippen LogP contribution >= 0.6 is 0 Å². The molecule has 0 aromatic carbocycles. The van der Waals surface area contributed by atoms with Crippen LogP contribution < -0.4 is 5.73 Å². The molecule has 0 radical (unpaired) electrons. The fourth-order valence-electron chi connectivity index (χ4n) is 8.69. The molecule has 350 valence electrons. The van der Waals surface area contributed by atoms with E-state index >= 15 is 0 Å². The number of ketones is 1. The van der Waals surface area contributed by atoms with E-state index in [1.54, 1.807) is 41.5 Å². The molecular formula is C41H74N2O17. The number of nitrogens with zero attached hydrogens (tertiary/aromatic N) is 1. The minimum absolute atomic E-state index is 0.0936. The smallest absolute Gasteiger partial charge is 0.321 e. The van der Waals surface area contributed by atoms with Gasteiger partial charge in [-0.05, 0) is 74.9 Å². The van der Waals surface area contributed by atoms with Gasteiger partial charge in [0.2, 0.25) is 0 Å². The number of esters is 1. The van der Waals surface area contributed by atoms with Crippen molar-refractivity contribution in [2.75, 3.05) is 21.2 Å².